The van der Waals surface area contributed by atoms with Crippen LogP contribution in [-0.4, -0.2) is 80.3 Å². The number of aliphatic imine (C=N–C) groups is 1. The van der Waals surface area contributed by atoms with Crippen LogP contribution in [0.4, 0.5) is 5.95 Å². The number of rotatable bonds is 11. The molecular weight excluding hydrogens is 529 g/mol. The molecule has 1 aromatic carbocycles. The van der Waals surface area contributed by atoms with E-state index in [4.69, 9.17) is 4.74 Å². The van der Waals surface area contributed by atoms with E-state index in [0.29, 0.717) is 12.5 Å². The summed E-state index contributed by atoms with van der Waals surface area (Å²) in [5.74, 6) is 2.09. The van der Waals surface area contributed by atoms with Crippen molar-refractivity contribution in [1.29, 1.82) is 0 Å². The molecular formula is C24H38IN7O. The van der Waals surface area contributed by atoms with Crippen LogP contribution < -0.4 is 15.5 Å². The highest BCUT2D eigenvalue weighted by molar-refractivity contribution is 14.0. The molecule has 33 heavy (non-hydrogen) atoms. The van der Waals surface area contributed by atoms with Crippen molar-refractivity contribution < 1.29 is 4.74 Å². The summed E-state index contributed by atoms with van der Waals surface area (Å²) in [6.07, 6.45) is 4.69. The molecule has 1 aliphatic rings. The van der Waals surface area contributed by atoms with Crippen LogP contribution in [0.3, 0.4) is 0 Å². The van der Waals surface area contributed by atoms with Crippen molar-refractivity contribution in [3.63, 3.8) is 0 Å². The molecule has 0 bridgehead atoms. The fourth-order valence-electron chi connectivity index (χ4n) is 3.64. The summed E-state index contributed by atoms with van der Waals surface area (Å²) in [4.78, 5) is 17.8. The topological polar surface area (TPSA) is 77.9 Å². The molecule has 3 rings (SSSR count). The average Bonchev–Trinajstić information content (AvgIpc) is 2.85. The molecule has 0 saturated carbocycles. The van der Waals surface area contributed by atoms with Crippen molar-refractivity contribution in [1.82, 2.24) is 25.5 Å². The van der Waals surface area contributed by atoms with Gasteiger partial charge in [0, 0.05) is 58.7 Å². The Labute approximate surface area is 215 Å². The molecule has 1 aliphatic heterocycles. The second kappa shape index (κ2) is 15.8. The lowest BCUT2D eigenvalue weighted by molar-refractivity contribution is 0.0931. The molecule has 0 amide bonds. The maximum Gasteiger partial charge on any atom is 0.225 e. The summed E-state index contributed by atoms with van der Waals surface area (Å²) >= 11 is 0. The maximum atomic E-state index is 5.83. The highest BCUT2D eigenvalue weighted by Gasteiger charge is 2.18. The van der Waals surface area contributed by atoms with Crippen LogP contribution in [0.25, 0.3) is 0 Å². The molecule has 182 valence electrons. The summed E-state index contributed by atoms with van der Waals surface area (Å²) in [6, 6.07) is 12.1. The molecule has 1 aromatic heterocycles. The van der Waals surface area contributed by atoms with Crippen LogP contribution in [0.2, 0.25) is 0 Å². The van der Waals surface area contributed by atoms with Gasteiger partial charge in [-0.25, -0.2) is 9.97 Å². The van der Waals surface area contributed by atoms with Crippen molar-refractivity contribution in [3.05, 3.63) is 54.4 Å². The predicted molar refractivity (Wildman–Crippen MR) is 145 cm³/mol. The van der Waals surface area contributed by atoms with E-state index >= 15 is 0 Å². The fraction of sp³-hybridized carbons (Fsp3) is 0.542. The van der Waals surface area contributed by atoms with Crippen LogP contribution >= 0.6 is 24.0 Å². The molecule has 2 heterocycles. The number of hydrogen-bond donors (Lipinski definition) is 2. The normalized spacial score (nSPS) is 15.6. The van der Waals surface area contributed by atoms with E-state index in [1.165, 1.54) is 5.56 Å². The number of hydrogen-bond acceptors (Lipinski definition) is 6. The molecule has 1 unspecified atom stereocenters. The summed E-state index contributed by atoms with van der Waals surface area (Å²) in [5, 5.41) is 6.83. The first kappa shape index (κ1) is 27.3. The third kappa shape index (κ3) is 10.2. The molecule has 9 heteroatoms. The Balaban J connectivity index is 0.00000385. The first-order valence-electron chi connectivity index (χ1n) is 11.5. The smallest absolute Gasteiger partial charge is 0.225 e. The number of ether oxygens (including phenoxy) is 1. The Morgan fingerprint density at radius 1 is 1.06 bits per heavy atom. The third-order valence-electron chi connectivity index (χ3n) is 5.51. The number of anilines is 1. The van der Waals surface area contributed by atoms with Gasteiger partial charge in [0.2, 0.25) is 5.95 Å². The summed E-state index contributed by atoms with van der Waals surface area (Å²) in [5.41, 5.74) is 1.21. The van der Waals surface area contributed by atoms with E-state index in [9.17, 15) is 0 Å². The summed E-state index contributed by atoms with van der Waals surface area (Å²) in [7, 11) is 1.82. The first-order valence-corrected chi connectivity index (χ1v) is 11.5. The maximum absolute atomic E-state index is 5.83. The number of aromatic nitrogens is 2. The monoisotopic (exact) mass is 567 g/mol. The van der Waals surface area contributed by atoms with Gasteiger partial charge in [0.1, 0.15) is 0 Å². The Hall–Kier alpha value is -1.98. The molecule has 8 nitrogen and oxygen atoms in total. The van der Waals surface area contributed by atoms with Gasteiger partial charge in [-0.1, -0.05) is 37.3 Å². The molecule has 2 N–H and O–H groups in total. The quantitative estimate of drug-likeness (QED) is 0.187. The molecule has 1 fully saturated rings. The van der Waals surface area contributed by atoms with Gasteiger partial charge in [0.25, 0.3) is 0 Å². The number of benzene rings is 1. The van der Waals surface area contributed by atoms with Gasteiger partial charge in [-0.3, -0.25) is 9.89 Å². The summed E-state index contributed by atoms with van der Waals surface area (Å²) < 4.78 is 5.83. The average molecular weight is 568 g/mol. The lowest BCUT2D eigenvalue weighted by Gasteiger charge is -2.34. The highest BCUT2D eigenvalue weighted by Crippen LogP contribution is 2.09. The SMILES string of the molecule is CN=C(NCCCN1CCN(c2ncccn2)CC1)NCC(C)COCc1ccccc1.I. The van der Waals surface area contributed by atoms with Crippen molar-refractivity contribution in [3.8, 4) is 0 Å². The van der Waals surface area contributed by atoms with E-state index < -0.39 is 0 Å². The Morgan fingerprint density at radius 2 is 1.79 bits per heavy atom. The van der Waals surface area contributed by atoms with Crippen LogP contribution in [0.1, 0.15) is 18.9 Å². The number of guanidine groups is 1. The number of piperazine rings is 1. The van der Waals surface area contributed by atoms with Crippen molar-refractivity contribution in [2.24, 2.45) is 10.9 Å². The molecule has 1 saturated heterocycles. The van der Waals surface area contributed by atoms with E-state index in [1.807, 2.05) is 31.3 Å². The standard InChI is InChI=1S/C24H37N7O.HI/c1-21(19-32-20-22-8-4-3-5-9-22)18-29-23(25-2)26-12-7-13-30-14-16-31(17-15-30)24-27-10-6-11-28-24;/h3-6,8-11,21H,7,12-20H2,1-2H3,(H2,25,26,29);1H. The molecule has 0 spiro atoms. The number of nitrogens with one attached hydrogen (secondary N) is 2. The largest absolute Gasteiger partial charge is 0.376 e. The Kier molecular flexibility index (Phi) is 13.0. The lowest BCUT2D eigenvalue weighted by atomic mass is 10.2. The number of halogens is 1. The summed E-state index contributed by atoms with van der Waals surface area (Å²) in [6.45, 7) is 10.4. The van der Waals surface area contributed by atoms with Crippen LogP contribution in [-0.2, 0) is 11.3 Å². The van der Waals surface area contributed by atoms with Gasteiger partial charge >= 0.3 is 0 Å². The van der Waals surface area contributed by atoms with Gasteiger partial charge in [-0.15, -0.1) is 24.0 Å². The Morgan fingerprint density at radius 3 is 2.48 bits per heavy atom. The minimum atomic E-state index is 0. The second-order valence-corrected chi connectivity index (χ2v) is 8.22. The van der Waals surface area contributed by atoms with Crippen molar-refractivity contribution >= 4 is 35.9 Å². The zero-order chi connectivity index (χ0) is 22.4. The predicted octanol–water partition coefficient (Wildman–Crippen LogP) is 2.62. The van der Waals surface area contributed by atoms with Crippen LogP contribution in [0.5, 0.6) is 0 Å². The van der Waals surface area contributed by atoms with E-state index in [2.05, 4.69) is 54.5 Å². The molecule has 0 aliphatic carbocycles. The van der Waals surface area contributed by atoms with Gasteiger partial charge < -0.3 is 20.3 Å². The fourth-order valence-corrected chi connectivity index (χ4v) is 3.64. The number of nitrogens with zero attached hydrogens (tertiary/aromatic N) is 5. The van der Waals surface area contributed by atoms with Gasteiger partial charge in [0.15, 0.2) is 5.96 Å². The van der Waals surface area contributed by atoms with Crippen molar-refractivity contribution in [2.45, 2.75) is 20.0 Å². The van der Waals surface area contributed by atoms with Gasteiger partial charge in [0.05, 0.1) is 13.2 Å². The minimum absolute atomic E-state index is 0. The lowest BCUT2D eigenvalue weighted by Crippen LogP contribution is -2.47. The molecule has 2 aromatic rings. The third-order valence-corrected chi connectivity index (χ3v) is 5.51. The minimum Gasteiger partial charge on any atom is -0.376 e. The zero-order valence-corrected chi connectivity index (χ0v) is 22.2. The van der Waals surface area contributed by atoms with Gasteiger partial charge in [-0.2, -0.15) is 0 Å². The molecule has 0 radical (unpaired) electrons. The van der Waals surface area contributed by atoms with E-state index in [-0.39, 0.29) is 24.0 Å². The Bertz CT molecular complexity index is 786. The van der Waals surface area contributed by atoms with Crippen LogP contribution in [0.15, 0.2) is 53.8 Å². The second-order valence-electron chi connectivity index (χ2n) is 8.22. The van der Waals surface area contributed by atoms with Crippen LogP contribution in [0, 0.1) is 5.92 Å². The zero-order valence-electron chi connectivity index (χ0n) is 19.8. The van der Waals surface area contributed by atoms with E-state index in [1.54, 1.807) is 12.4 Å². The highest BCUT2D eigenvalue weighted by atomic mass is 127. The molecule has 1 atom stereocenters. The van der Waals surface area contributed by atoms with E-state index in [0.717, 1.165) is 70.7 Å². The van der Waals surface area contributed by atoms with Gasteiger partial charge in [-0.05, 0) is 30.5 Å². The van der Waals surface area contributed by atoms with Crippen molar-refractivity contribution in [2.75, 3.05) is 64.4 Å². The first-order chi connectivity index (χ1) is 15.7.